The SMILES string of the molecule is CC(C)(O)C(C)(C)NCc1ccccc1N. The predicted molar refractivity (Wildman–Crippen MR) is 68.1 cm³/mol. The maximum Gasteiger partial charge on any atom is 0.0767 e. The zero-order chi connectivity index (χ0) is 12.4. The van der Waals surface area contributed by atoms with Crippen LogP contribution in [0.4, 0.5) is 5.69 Å². The molecule has 0 heterocycles. The summed E-state index contributed by atoms with van der Waals surface area (Å²) in [4.78, 5) is 0. The van der Waals surface area contributed by atoms with Crippen molar-refractivity contribution in [1.29, 1.82) is 0 Å². The molecule has 0 fully saturated rings. The number of anilines is 1. The van der Waals surface area contributed by atoms with Crippen molar-refractivity contribution < 1.29 is 5.11 Å². The Morgan fingerprint density at radius 2 is 1.75 bits per heavy atom. The topological polar surface area (TPSA) is 58.3 Å². The second-order valence-corrected chi connectivity index (χ2v) is 5.24. The molecule has 3 nitrogen and oxygen atoms in total. The van der Waals surface area contributed by atoms with E-state index in [0.29, 0.717) is 6.54 Å². The van der Waals surface area contributed by atoms with Crippen molar-refractivity contribution in [3.05, 3.63) is 29.8 Å². The van der Waals surface area contributed by atoms with E-state index in [2.05, 4.69) is 5.32 Å². The zero-order valence-corrected chi connectivity index (χ0v) is 10.5. The summed E-state index contributed by atoms with van der Waals surface area (Å²) < 4.78 is 0. The van der Waals surface area contributed by atoms with Crippen molar-refractivity contribution in [3.63, 3.8) is 0 Å². The second kappa shape index (κ2) is 4.44. The first-order chi connectivity index (χ1) is 7.24. The maximum atomic E-state index is 10.00. The molecule has 4 N–H and O–H groups in total. The molecule has 0 saturated carbocycles. The Morgan fingerprint density at radius 1 is 1.19 bits per heavy atom. The molecule has 0 atom stereocenters. The van der Waals surface area contributed by atoms with Crippen molar-refractivity contribution in [2.24, 2.45) is 0 Å². The Bertz CT molecular complexity index is 353. The predicted octanol–water partition coefficient (Wildman–Crippen LogP) is 1.91. The fourth-order valence-electron chi connectivity index (χ4n) is 1.23. The summed E-state index contributed by atoms with van der Waals surface area (Å²) in [5.74, 6) is 0. The van der Waals surface area contributed by atoms with Gasteiger partial charge in [-0.15, -0.1) is 0 Å². The summed E-state index contributed by atoms with van der Waals surface area (Å²) in [6.07, 6.45) is 0. The summed E-state index contributed by atoms with van der Waals surface area (Å²) in [5.41, 5.74) is 6.54. The van der Waals surface area contributed by atoms with Gasteiger partial charge in [0, 0.05) is 17.8 Å². The molecule has 0 aliphatic heterocycles. The third-order valence-corrected chi connectivity index (χ3v) is 3.31. The largest absolute Gasteiger partial charge is 0.398 e. The van der Waals surface area contributed by atoms with Crippen molar-refractivity contribution in [1.82, 2.24) is 5.32 Å². The van der Waals surface area contributed by atoms with Gasteiger partial charge in [0.05, 0.1) is 5.60 Å². The molecule has 1 rings (SSSR count). The van der Waals surface area contributed by atoms with Crippen LogP contribution in [0.2, 0.25) is 0 Å². The van der Waals surface area contributed by atoms with Crippen LogP contribution in [0, 0.1) is 0 Å². The van der Waals surface area contributed by atoms with Gasteiger partial charge < -0.3 is 16.2 Å². The molecule has 3 heteroatoms. The minimum Gasteiger partial charge on any atom is -0.398 e. The van der Waals surface area contributed by atoms with Gasteiger partial charge in [0.2, 0.25) is 0 Å². The Kier molecular flexibility index (Phi) is 3.61. The molecule has 0 amide bonds. The maximum absolute atomic E-state index is 10.00. The molecule has 1 aromatic carbocycles. The molecule has 0 aliphatic carbocycles. The van der Waals surface area contributed by atoms with Gasteiger partial charge in [-0.2, -0.15) is 0 Å². The van der Waals surface area contributed by atoms with E-state index < -0.39 is 5.60 Å². The molecule has 0 unspecified atom stereocenters. The normalized spacial score (nSPS) is 12.8. The van der Waals surface area contributed by atoms with Crippen LogP contribution < -0.4 is 11.1 Å². The number of rotatable bonds is 4. The van der Waals surface area contributed by atoms with E-state index in [9.17, 15) is 5.11 Å². The van der Waals surface area contributed by atoms with Crippen molar-refractivity contribution in [2.45, 2.75) is 45.4 Å². The summed E-state index contributed by atoms with van der Waals surface area (Å²) in [7, 11) is 0. The number of aliphatic hydroxyl groups is 1. The summed E-state index contributed by atoms with van der Waals surface area (Å²) >= 11 is 0. The molecule has 16 heavy (non-hydrogen) atoms. The number of hydrogen-bond donors (Lipinski definition) is 3. The molecule has 1 aromatic rings. The molecule has 0 bridgehead atoms. The third kappa shape index (κ3) is 2.97. The highest BCUT2D eigenvalue weighted by Gasteiger charge is 2.34. The van der Waals surface area contributed by atoms with Crippen LogP contribution in [-0.2, 0) is 6.54 Å². The Morgan fingerprint density at radius 3 is 2.25 bits per heavy atom. The molecule has 90 valence electrons. The highest BCUT2D eigenvalue weighted by Crippen LogP contribution is 2.21. The van der Waals surface area contributed by atoms with Gasteiger partial charge in [0.25, 0.3) is 0 Å². The van der Waals surface area contributed by atoms with E-state index in [1.807, 2.05) is 38.1 Å². The lowest BCUT2D eigenvalue weighted by atomic mass is 9.86. The lowest BCUT2D eigenvalue weighted by molar-refractivity contribution is -0.00529. The van der Waals surface area contributed by atoms with Crippen LogP contribution in [0.15, 0.2) is 24.3 Å². The highest BCUT2D eigenvalue weighted by atomic mass is 16.3. The van der Waals surface area contributed by atoms with Gasteiger partial charge in [0.15, 0.2) is 0 Å². The van der Waals surface area contributed by atoms with E-state index in [4.69, 9.17) is 5.73 Å². The van der Waals surface area contributed by atoms with Crippen molar-refractivity contribution in [3.8, 4) is 0 Å². The summed E-state index contributed by atoms with van der Waals surface area (Å²) in [6, 6.07) is 7.75. The van der Waals surface area contributed by atoms with E-state index in [1.165, 1.54) is 0 Å². The van der Waals surface area contributed by atoms with Crippen LogP contribution in [0.1, 0.15) is 33.3 Å². The smallest absolute Gasteiger partial charge is 0.0767 e. The van der Waals surface area contributed by atoms with Gasteiger partial charge in [-0.05, 0) is 39.3 Å². The number of nitrogen functional groups attached to an aromatic ring is 1. The van der Waals surface area contributed by atoms with Crippen molar-refractivity contribution >= 4 is 5.69 Å². The van der Waals surface area contributed by atoms with Crippen LogP contribution in [0.25, 0.3) is 0 Å². The molecule has 0 aromatic heterocycles. The molecular weight excluding hydrogens is 200 g/mol. The fraction of sp³-hybridized carbons (Fsp3) is 0.538. The second-order valence-electron chi connectivity index (χ2n) is 5.24. The Balaban J connectivity index is 2.69. The van der Waals surface area contributed by atoms with Crippen LogP contribution in [0.3, 0.4) is 0 Å². The number of benzene rings is 1. The quantitative estimate of drug-likeness (QED) is 0.682. The minimum absolute atomic E-state index is 0.366. The molecular formula is C13H22N2O. The zero-order valence-electron chi connectivity index (χ0n) is 10.5. The van der Waals surface area contributed by atoms with Gasteiger partial charge in [-0.1, -0.05) is 18.2 Å². The first-order valence-electron chi connectivity index (χ1n) is 5.55. The van der Waals surface area contributed by atoms with Gasteiger partial charge in [0.1, 0.15) is 0 Å². The van der Waals surface area contributed by atoms with E-state index in [1.54, 1.807) is 13.8 Å². The standard InChI is InChI=1S/C13H22N2O/c1-12(2,13(3,4)16)15-9-10-7-5-6-8-11(10)14/h5-8,15-16H,9,14H2,1-4H3. The van der Waals surface area contributed by atoms with Crippen LogP contribution >= 0.6 is 0 Å². The first kappa shape index (κ1) is 13.0. The van der Waals surface area contributed by atoms with E-state index >= 15 is 0 Å². The van der Waals surface area contributed by atoms with Crippen LogP contribution in [-0.4, -0.2) is 16.2 Å². The van der Waals surface area contributed by atoms with E-state index in [0.717, 1.165) is 11.3 Å². The van der Waals surface area contributed by atoms with Gasteiger partial charge in [-0.3, -0.25) is 0 Å². The lowest BCUT2D eigenvalue weighted by Gasteiger charge is -2.38. The monoisotopic (exact) mass is 222 g/mol. The Labute approximate surface area is 97.7 Å². The number of para-hydroxylation sites is 1. The average Bonchev–Trinajstić information content (AvgIpc) is 2.15. The first-order valence-corrected chi connectivity index (χ1v) is 5.55. The number of hydrogen-bond acceptors (Lipinski definition) is 3. The third-order valence-electron chi connectivity index (χ3n) is 3.31. The lowest BCUT2D eigenvalue weighted by Crippen LogP contribution is -2.55. The van der Waals surface area contributed by atoms with Gasteiger partial charge >= 0.3 is 0 Å². The van der Waals surface area contributed by atoms with E-state index in [-0.39, 0.29) is 5.54 Å². The molecule has 0 radical (unpaired) electrons. The number of nitrogens with two attached hydrogens (primary N) is 1. The molecule has 0 saturated heterocycles. The van der Waals surface area contributed by atoms with Crippen LogP contribution in [0.5, 0.6) is 0 Å². The van der Waals surface area contributed by atoms with Crippen molar-refractivity contribution in [2.75, 3.05) is 5.73 Å². The molecule has 0 spiro atoms. The van der Waals surface area contributed by atoms with Gasteiger partial charge in [-0.25, -0.2) is 0 Å². The summed E-state index contributed by atoms with van der Waals surface area (Å²) in [5, 5.41) is 13.3. The Hall–Kier alpha value is -1.06. The highest BCUT2D eigenvalue weighted by molar-refractivity contribution is 5.46. The summed E-state index contributed by atoms with van der Waals surface area (Å²) in [6.45, 7) is 8.21. The average molecular weight is 222 g/mol. The molecule has 0 aliphatic rings. The number of nitrogens with one attached hydrogen (secondary N) is 1. The fourth-order valence-corrected chi connectivity index (χ4v) is 1.23. The minimum atomic E-state index is -0.781.